The number of fused-ring (bicyclic) bond motifs is 7. The lowest BCUT2D eigenvalue weighted by molar-refractivity contribution is 1.18. The monoisotopic (exact) mass is 747 g/mol. The SMILES string of the molecule is c1ccc(-c2c3ccccc3c(-c3ccc(-n4c5ccc(-c6ccc7ccccc7c6)cc5c5cc(-c6ccc7ccccc7c6)ccc54)cc3)c3ccccc23)cc1. The molecule has 0 unspecified atom stereocenters. The molecule has 59 heavy (non-hydrogen) atoms. The van der Waals surface area contributed by atoms with Gasteiger partial charge in [0.05, 0.1) is 11.0 Å². The van der Waals surface area contributed by atoms with Crippen LogP contribution in [-0.2, 0) is 0 Å². The fourth-order valence-electron chi connectivity index (χ4n) is 9.53. The average molecular weight is 748 g/mol. The topological polar surface area (TPSA) is 4.93 Å². The summed E-state index contributed by atoms with van der Waals surface area (Å²) < 4.78 is 2.44. The molecule has 12 rings (SSSR count). The largest absolute Gasteiger partial charge is 0.309 e. The Morgan fingerprint density at radius 3 is 1.05 bits per heavy atom. The van der Waals surface area contributed by atoms with Gasteiger partial charge in [-0.15, -0.1) is 0 Å². The molecule has 0 fully saturated rings. The molecule has 0 spiro atoms. The Kier molecular flexibility index (Phi) is 7.61. The minimum atomic E-state index is 1.14. The van der Waals surface area contributed by atoms with Crippen LogP contribution in [0.4, 0.5) is 0 Å². The Bertz CT molecular complexity index is 3400. The molecule has 0 radical (unpaired) electrons. The van der Waals surface area contributed by atoms with Crippen molar-refractivity contribution in [1.82, 2.24) is 4.57 Å². The van der Waals surface area contributed by atoms with Crippen LogP contribution in [0.1, 0.15) is 0 Å². The molecule has 0 saturated heterocycles. The molecule has 274 valence electrons. The fraction of sp³-hybridized carbons (Fsp3) is 0. The van der Waals surface area contributed by atoms with Gasteiger partial charge in [-0.1, -0.05) is 176 Å². The summed E-state index contributed by atoms with van der Waals surface area (Å²) in [5, 5.41) is 12.6. The third-order valence-electron chi connectivity index (χ3n) is 12.3. The molecule has 0 N–H and O–H groups in total. The van der Waals surface area contributed by atoms with Crippen molar-refractivity contribution >= 4 is 64.9 Å². The molecule has 1 nitrogen and oxygen atoms in total. The average Bonchev–Trinajstić information content (AvgIpc) is 3.63. The van der Waals surface area contributed by atoms with E-state index in [2.05, 4.69) is 229 Å². The fourth-order valence-corrected chi connectivity index (χ4v) is 9.53. The van der Waals surface area contributed by atoms with Gasteiger partial charge in [0.15, 0.2) is 0 Å². The van der Waals surface area contributed by atoms with Crippen molar-refractivity contribution in [2.75, 3.05) is 0 Å². The summed E-state index contributed by atoms with van der Waals surface area (Å²) in [6, 6.07) is 82.6. The van der Waals surface area contributed by atoms with E-state index in [1.165, 1.54) is 109 Å². The Morgan fingerprint density at radius 1 is 0.220 bits per heavy atom. The molecule has 1 aromatic heterocycles. The van der Waals surface area contributed by atoms with Crippen molar-refractivity contribution in [3.05, 3.63) is 224 Å². The highest BCUT2D eigenvalue weighted by atomic mass is 15.0. The minimum Gasteiger partial charge on any atom is -0.309 e. The first-order valence-electron chi connectivity index (χ1n) is 20.4. The molecule has 0 bridgehead atoms. The zero-order valence-electron chi connectivity index (χ0n) is 32.3. The summed E-state index contributed by atoms with van der Waals surface area (Å²) in [4.78, 5) is 0. The van der Waals surface area contributed by atoms with Gasteiger partial charge in [0.2, 0.25) is 0 Å². The Hall–Kier alpha value is -7.74. The molecular weight excluding hydrogens is 711 g/mol. The Balaban J connectivity index is 1.04. The zero-order valence-corrected chi connectivity index (χ0v) is 32.3. The lowest BCUT2D eigenvalue weighted by atomic mass is 9.86. The van der Waals surface area contributed by atoms with E-state index in [-0.39, 0.29) is 0 Å². The predicted octanol–water partition coefficient (Wildman–Crippen LogP) is 16.1. The van der Waals surface area contributed by atoms with E-state index in [1.807, 2.05) is 0 Å². The summed E-state index contributed by atoms with van der Waals surface area (Å²) >= 11 is 0. The maximum Gasteiger partial charge on any atom is 0.0541 e. The first kappa shape index (κ1) is 33.4. The number of nitrogens with zero attached hydrogens (tertiary/aromatic N) is 1. The van der Waals surface area contributed by atoms with Crippen LogP contribution >= 0.6 is 0 Å². The highest BCUT2D eigenvalue weighted by Crippen LogP contribution is 2.44. The van der Waals surface area contributed by atoms with Gasteiger partial charge >= 0.3 is 0 Å². The van der Waals surface area contributed by atoms with Crippen LogP contribution in [0.25, 0.3) is 115 Å². The van der Waals surface area contributed by atoms with Crippen LogP contribution in [0.15, 0.2) is 224 Å². The smallest absolute Gasteiger partial charge is 0.0541 e. The molecule has 1 heterocycles. The second-order valence-electron chi connectivity index (χ2n) is 15.7. The first-order chi connectivity index (χ1) is 29.2. The molecule has 0 aliphatic heterocycles. The van der Waals surface area contributed by atoms with Crippen LogP contribution < -0.4 is 0 Å². The zero-order chi connectivity index (χ0) is 38.9. The van der Waals surface area contributed by atoms with Gasteiger partial charge < -0.3 is 4.57 Å². The summed E-state index contributed by atoms with van der Waals surface area (Å²) in [6.45, 7) is 0. The van der Waals surface area contributed by atoms with E-state index in [4.69, 9.17) is 0 Å². The molecule has 0 saturated carbocycles. The number of aromatic nitrogens is 1. The quantitative estimate of drug-likeness (QED) is 0.155. The lowest BCUT2D eigenvalue weighted by Gasteiger charge is -2.18. The van der Waals surface area contributed by atoms with Crippen molar-refractivity contribution < 1.29 is 0 Å². The minimum absolute atomic E-state index is 1.14. The first-order valence-corrected chi connectivity index (χ1v) is 20.4. The molecule has 0 aliphatic carbocycles. The predicted molar refractivity (Wildman–Crippen MR) is 253 cm³/mol. The Morgan fingerprint density at radius 2 is 0.576 bits per heavy atom. The van der Waals surface area contributed by atoms with E-state index < -0.39 is 0 Å². The third kappa shape index (κ3) is 5.47. The van der Waals surface area contributed by atoms with Crippen LogP contribution in [0.5, 0.6) is 0 Å². The number of rotatable bonds is 5. The van der Waals surface area contributed by atoms with Crippen molar-refractivity contribution in [3.63, 3.8) is 0 Å². The highest BCUT2D eigenvalue weighted by molar-refractivity contribution is 6.21. The van der Waals surface area contributed by atoms with Gasteiger partial charge in [-0.3, -0.25) is 0 Å². The molecule has 0 amide bonds. The van der Waals surface area contributed by atoms with Crippen molar-refractivity contribution in [2.45, 2.75) is 0 Å². The van der Waals surface area contributed by atoms with Gasteiger partial charge in [0, 0.05) is 16.5 Å². The Labute approximate surface area is 342 Å². The van der Waals surface area contributed by atoms with E-state index in [0.717, 1.165) is 5.69 Å². The maximum absolute atomic E-state index is 2.44. The summed E-state index contributed by atoms with van der Waals surface area (Å²) in [6.07, 6.45) is 0. The molecule has 11 aromatic carbocycles. The second kappa shape index (κ2) is 13.4. The molecule has 0 atom stereocenters. The number of benzene rings is 11. The van der Waals surface area contributed by atoms with Crippen molar-refractivity contribution in [2.24, 2.45) is 0 Å². The van der Waals surface area contributed by atoms with Gasteiger partial charge in [-0.25, -0.2) is 0 Å². The number of hydrogen-bond acceptors (Lipinski definition) is 0. The third-order valence-corrected chi connectivity index (χ3v) is 12.3. The normalized spacial score (nSPS) is 11.7. The number of hydrogen-bond donors (Lipinski definition) is 0. The van der Waals surface area contributed by atoms with Crippen LogP contribution in [0.3, 0.4) is 0 Å². The highest BCUT2D eigenvalue weighted by Gasteiger charge is 2.18. The van der Waals surface area contributed by atoms with Crippen LogP contribution in [-0.4, -0.2) is 4.57 Å². The molecule has 12 aromatic rings. The maximum atomic E-state index is 2.44. The lowest BCUT2D eigenvalue weighted by Crippen LogP contribution is -1.95. The summed E-state index contributed by atoms with van der Waals surface area (Å²) in [5.41, 5.74) is 13.4. The van der Waals surface area contributed by atoms with E-state index in [0.29, 0.717) is 0 Å². The van der Waals surface area contributed by atoms with Gasteiger partial charge in [0.1, 0.15) is 0 Å². The van der Waals surface area contributed by atoms with Crippen LogP contribution in [0, 0.1) is 0 Å². The standard InChI is InChI=1S/C58H37N/c1-2-14-40(15-3-1)57-49-18-8-10-20-51(49)58(52-21-11-9-19-50(52)57)41-26-30-48(31-27-41)59-55-32-28-46(44-24-22-38-12-4-6-16-42(38)34-44)36-53(55)54-37-47(29-33-56(54)59)45-25-23-39-13-5-7-17-43(39)35-45/h1-37H. The van der Waals surface area contributed by atoms with Gasteiger partial charge in [-0.05, 0) is 136 Å². The molecular formula is C58H37N. The van der Waals surface area contributed by atoms with Crippen LogP contribution in [0.2, 0.25) is 0 Å². The van der Waals surface area contributed by atoms with Crippen molar-refractivity contribution in [1.29, 1.82) is 0 Å². The second-order valence-corrected chi connectivity index (χ2v) is 15.7. The summed E-state index contributed by atoms with van der Waals surface area (Å²) in [7, 11) is 0. The molecule has 1 heteroatoms. The van der Waals surface area contributed by atoms with Crippen molar-refractivity contribution in [3.8, 4) is 50.2 Å². The van der Waals surface area contributed by atoms with E-state index >= 15 is 0 Å². The van der Waals surface area contributed by atoms with E-state index in [1.54, 1.807) is 0 Å². The summed E-state index contributed by atoms with van der Waals surface area (Å²) in [5.74, 6) is 0. The molecule has 0 aliphatic rings. The van der Waals surface area contributed by atoms with E-state index in [9.17, 15) is 0 Å². The van der Waals surface area contributed by atoms with Gasteiger partial charge in [-0.2, -0.15) is 0 Å². The van der Waals surface area contributed by atoms with Gasteiger partial charge in [0.25, 0.3) is 0 Å².